The zero-order chi connectivity index (χ0) is 18.8. The van der Waals surface area contributed by atoms with Crippen molar-refractivity contribution in [3.63, 3.8) is 0 Å². The molecular weight excluding hydrogens is 362 g/mol. The van der Waals surface area contributed by atoms with Crippen molar-refractivity contribution < 1.29 is 40.2 Å². The van der Waals surface area contributed by atoms with Crippen LogP contribution in [0, 0.1) is 0 Å². The van der Waals surface area contributed by atoms with E-state index < -0.39 is 53.2 Å². The Hall–Kier alpha value is -2.10. The van der Waals surface area contributed by atoms with Crippen LogP contribution in [-0.2, 0) is 18.8 Å². The first-order chi connectivity index (χ1) is 11.3. The van der Waals surface area contributed by atoms with Gasteiger partial charge in [-0.2, -0.15) is 26.3 Å². The van der Waals surface area contributed by atoms with Gasteiger partial charge >= 0.3 is 12.4 Å². The van der Waals surface area contributed by atoms with Crippen LogP contribution < -0.4 is 0 Å². The standard InChI is InChI=1S/C15H9F8NO/c16-13(17)5-10-11(12(13)25)9(15(21,22)23)6-24(10)8-3-1-7(2-4-8)14(18,19)20/h1-4,6,12,25H,5H2/t12-/m0/s1. The second-order valence-electron chi connectivity index (χ2n) is 5.66. The molecular formula is C15H9F8NO. The highest BCUT2D eigenvalue weighted by molar-refractivity contribution is 5.49. The van der Waals surface area contributed by atoms with Gasteiger partial charge in [0.2, 0.25) is 0 Å². The Bertz CT molecular complexity index is 801. The van der Waals surface area contributed by atoms with Crippen molar-refractivity contribution in [1.82, 2.24) is 4.57 Å². The van der Waals surface area contributed by atoms with Crippen LogP contribution >= 0.6 is 0 Å². The smallest absolute Gasteiger partial charge is 0.382 e. The molecule has 136 valence electrons. The van der Waals surface area contributed by atoms with Crippen LogP contribution in [0.1, 0.15) is 28.5 Å². The minimum atomic E-state index is -5.00. The molecule has 0 spiro atoms. The third kappa shape index (κ3) is 2.88. The number of hydrogen-bond donors (Lipinski definition) is 1. The highest BCUT2D eigenvalue weighted by atomic mass is 19.4. The Kier molecular flexibility index (Phi) is 3.68. The molecule has 0 unspecified atom stereocenters. The molecule has 2 aromatic rings. The normalized spacial score (nSPS) is 20.0. The van der Waals surface area contributed by atoms with Crippen LogP contribution in [0.3, 0.4) is 0 Å². The Labute approximate surface area is 135 Å². The predicted molar refractivity (Wildman–Crippen MR) is 69.4 cm³/mol. The van der Waals surface area contributed by atoms with Crippen LogP contribution in [0.2, 0.25) is 0 Å². The lowest BCUT2D eigenvalue weighted by Crippen LogP contribution is -2.23. The van der Waals surface area contributed by atoms with Crippen molar-refractivity contribution >= 4 is 0 Å². The molecule has 0 radical (unpaired) electrons. The molecule has 0 saturated heterocycles. The van der Waals surface area contributed by atoms with Gasteiger partial charge in [0.15, 0.2) is 0 Å². The summed E-state index contributed by atoms with van der Waals surface area (Å²) in [4.78, 5) is 0. The molecule has 25 heavy (non-hydrogen) atoms. The van der Waals surface area contributed by atoms with Gasteiger partial charge in [-0.1, -0.05) is 0 Å². The minimum absolute atomic E-state index is 0.148. The molecule has 1 N–H and O–H groups in total. The molecule has 1 aromatic heterocycles. The first kappa shape index (κ1) is 17.7. The van der Waals surface area contributed by atoms with Gasteiger partial charge in [0.25, 0.3) is 5.92 Å². The molecule has 3 rings (SSSR count). The lowest BCUT2D eigenvalue weighted by Gasteiger charge is -2.16. The molecule has 0 bridgehead atoms. The third-order valence-corrected chi connectivity index (χ3v) is 4.00. The lowest BCUT2D eigenvalue weighted by atomic mass is 10.1. The van der Waals surface area contributed by atoms with E-state index in [0.717, 1.165) is 16.7 Å². The molecule has 0 aliphatic heterocycles. The van der Waals surface area contributed by atoms with Gasteiger partial charge in [0.1, 0.15) is 6.10 Å². The van der Waals surface area contributed by atoms with E-state index in [9.17, 15) is 40.2 Å². The van der Waals surface area contributed by atoms with Crippen molar-refractivity contribution in [2.45, 2.75) is 30.8 Å². The molecule has 10 heteroatoms. The maximum Gasteiger partial charge on any atom is 0.418 e. The molecule has 1 atom stereocenters. The van der Waals surface area contributed by atoms with Crippen molar-refractivity contribution in [1.29, 1.82) is 0 Å². The first-order valence-corrected chi connectivity index (χ1v) is 6.87. The topological polar surface area (TPSA) is 25.2 Å². The van der Waals surface area contributed by atoms with Crippen molar-refractivity contribution in [3.05, 3.63) is 52.8 Å². The molecule has 0 saturated carbocycles. The summed E-state index contributed by atoms with van der Waals surface area (Å²) in [6.07, 6.45) is -12.9. The minimum Gasteiger partial charge on any atom is -0.382 e. The van der Waals surface area contributed by atoms with E-state index in [1.807, 2.05) is 0 Å². The first-order valence-electron chi connectivity index (χ1n) is 6.87. The number of nitrogens with zero attached hydrogens (tertiary/aromatic N) is 1. The fraction of sp³-hybridized carbons (Fsp3) is 0.333. The van der Waals surface area contributed by atoms with E-state index in [1.165, 1.54) is 0 Å². The van der Waals surface area contributed by atoms with Gasteiger partial charge in [-0.25, -0.2) is 8.78 Å². The number of aliphatic hydroxyl groups is 1. The number of rotatable bonds is 1. The molecule has 1 heterocycles. The van der Waals surface area contributed by atoms with Gasteiger partial charge in [0.05, 0.1) is 17.5 Å². The second-order valence-corrected chi connectivity index (χ2v) is 5.66. The highest BCUT2D eigenvalue weighted by Crippen LogP contribution is 2.49. The number of halogens is 8. The Morgan fingerprint density at radius 1 is 0.960 bits per heavy atom. The molecule has 1 aliphatic rings. The maximum atomic E-state index is 13.7. The highest BCUT2D eigenvalue weighted by Gasteiger charge is 2.53. The quantitative estimate of drug-likeness (QED) is 0.720. The summed E-state index contributed by atoms with van der Waals surface area (Å²) in [7, 11) is 0. The van der Waals surface area contributed by atoms with Gasteiger partial charge in [-0.05, 0) is 24.3 Å². The number of fused-ring (bicyclic) bond motifs is 1. The zero-order valence-corrected chi connectivity index (χ0v) is 12.1. The van der Waals surface area contributed by atoms with Crippen LogP contribution in [-0.4, -0.2) is 15.6 Å². The molecule has 2 nitrogen and oxygen atoms in total. The van der Waals surface area contributed by atoms with Crippen molar-refractivity contribution in [2.24, 2.45) is 0 Å². The second kappa shape index (κ2) is 5.20. The molecule has 1 aromatic carbocycles. The molecule has 0 fully saturated rings. The number of benzene rings is 1. The number of alkyl halides is 8. The van der Waals surface area contributed by atoms with Gasteiger partial charge in [-0.3, -0.25) is 0 Å². The van der Waals surface area contributed by atoms with E-state index in [4.69, 9.17) is 0 Å². The summed E-state index contributed by atoms with van der Waals surface area (Å²) in [5.74, 6) is -3.79. The van der Waals surface area contributed by atoms with Crippen LogP contribution in [0.5, 0.6) is 0 Å². The maximum absolute atomic E-state index is 13.7. The summed E-state index contributed by atoms with van der Waals surface area (Å²) in [6.45, 7) is 0. The largest absolute Gasteiger partial charge is 0.418 e. The number of aliphatic hydroxyl groups excluding tert-OH is 1. The van der Waals surface area contributed by atoms with Gasteiger partial charge < -0.3 is 9.67 Å². The van der Waals surface area contributed by atoms with E-state index >= 15 is 0 Å². The van der Waals surface area contributed by atoms with Crippen LogP contribution in [0.4, 0.5) is 35.1 Å². The fourth-order valence-electron chi connectivity index (χ4n) is 2.85. The van der Waals surface area contributed by atoms with E-state index in [-0.39, 0.29) is 5.69 Å². The summed E-state index contributed by atoms with van der Waals surface area (Å²) in [5.41, 5.74) is -4.04. The summed E-state index contributed by atoms with van der Waals surface area (Å²) < 4.78 is 105. The molecule has 0 amide bonds. The average Bonchev–Trinajstić information content (AvgIpc) is 2.93. The van der Waals surface area contributed by atoms with Gasteiger partial charge in [-0.15, -0.1) is 0 Å². The van der Waals surface area contributed by atoms with Crippen LogP contribution in [0.15, 0.2) is 30.5 Å². The Morgan fingerprint density at radius 3 is 2.00 bits per heavy atom. The van der Waals surface area contributed by atoms with Crippen molar-refractivity contribution in [3.8, 4) is 5.69 Å². The Balaban J connectivity index is 2.15. The number of aromatic nitrogens is 1. The molecule has 1 aliphatic carbocycles. The number of hydrogen-bond acceptors (Lipinski definition) is 1. The monoisotopic (exact) mass is 371 g/mol. The van der Waals surface area contributed by atoms with E-state index in [2.05, 4.69) is 0 Å². The van der Waals surface area contributed by atoms with Crippen molar-refractivity contribution in [2.75, 3.05) is 0 Å². The SMILES string of the molecule is O[C@H]1c2c(C(F)(F)F)cn(-c3ccc(C(F)(F)F)cc3)c2CC1(F)F. The lowest BCUT2D eigenvalue weighted by molar-refractivity contribution is -0.142. The summed E-state index contributed by atoms with van der Waals surface area (Å²) in [6, 6.07) is 3.04. The van der Waals surface area contributed by atoms with E-state index in [1.54, 1.807) is 0 Å². The van der Waals surface area contributed by atoms with Crippen LogP contribution in [0.25, 0.3) is 5.69 Å². The zero-order valence-electron chi connectivity index (χ0n) is 12.1. The summed E-state index contributed by atoms with van der Waals surface area (Å²) >= 11 is 0. The predicted octanol–water partition coefficient (Wildman–Crippen LogP) is 4.74. The van der Waals surface area contributed by atoms with Gasteiger partial charge in [0, 0.05) is 23.1 Å². The average molecular weight is 371 g/mol. The summed E-state index contributed by atoms with van der Waals surface area (Å²) in [5, 5.41) is 9.55. The third-order valence-electron chi connectivity index (χ3n) is 4.00. The van der Waals surface area contributed by atoms with E-state index in [0.29, 0.717) is 18.3 Å². The Morgan fingerprint density at radius 2 is 1.52 bits per heavy atom. The fourth-order valence-corrected chi connectivity index (χ4v) is 2.85.